The molecule has 142 valence electrons. The fourth-order valence-corrected chi connectivity index (χ4v) is 4.90. The maximum atomic E-state index is 12.1. The lowest BCUT2D eigenvalue weighted by Crippen LogP contribution is -2.39. The predicted octanol–water partition coefficient (Wildman–Crippen LogP) is 2.34. The zero-order chi connectivity index (χ0) is 19.2. The fraction of sp³-hybridized carbons (Fsp3) is 0.267. The van der Waals surface area contributed by atoms with E-state index in [1.54, 1.807) is 11.4 Å². The molecule has 0 unspecified atom stereocenters. The molecule has 0 saturated heterocycles. The average molecular weight is 418 g/mol. The summed E-state index contributed by atoms with van der Waals surface area (Å²) >= 11 is 1.07. The summed E-state index contributed by atoms with van der Waals surface area (Å²) in [5.74, 6) is 0. The average Bonchev–Trinajstić information content (AvgIpc) is 3.10. The molecule has 2 rings (SSSR count). The highest BCUT2D eigenvalue weighted by atomic mass is 32.2. The van der Waals surface area contributed by atoms with E-state index in [9.17, 15) is 21.6 Å². The van der Waals surface area contributed by atoms with Crippen LogP contribution >= 0.6 is 11.3 Å². The summed E-state index contributed by atoms with van der Waals surface area (Å²) in [6.07, 6.45) is 1.61. The molecule has 11 heteroatoms. The number of rotatable bonds is 8. The molecule has 0 aliphatic carbocycles. The molecule has 0 spiro atoms. The van der Waals surface area contributed by atoms with Crippen molar-refractivity contribution in [3.63, 3.8) is 0 Å². The molecule has 0 fully saturated rings. The second-order valence-electron chi connectivity index (χ2n) is 5.28. The Bertz CT molecular complexity index is 937. The van der Waals surface area contributed by atoms with Crippen LogP contribution in [0.4, 0.5) is 10.5 Å². The van der Waals surface area contributed by atoms with Crippen LogP contribution in [0.1, 0.15) is 19.8 Å². The highest BCUT2D eigenvalue weighted by Gasteiger charge is 2.19. The maximum Gasteiger partial charge on any atom is 0.328 e. The minimum Gasteiger partial charge on any atom is -0.337 e. The van der Waals surface area contributed by atoms with E-state index in [1.165, 1.54) is 30.3 Å². The molecule has 8 nitrogen and oxygen atoms in total. The molecule has 3 N–H and O–H groups in total. The summed E-state index contributed by atoms with van der Waals surface area (Å²) in [5, 5.41) is 4.09. The summed E-state index contributed by atoms with van der Waals surface area (Å²) < 4.78 is 53.0. The molecular weight excluding hydrogens is 398 g/mol. The van der Waals surface area contributed by atoms with Gasteiger partial charge in [-0.2, -0.15) is 0 Å². The largest absolute Gasteiger partial charge is 0.337 e. The van der Waals surface area contributed by atoms with Crippen LogP contribution in [0, 0.1) is 0 Å². The van der Waals surface area contributed by atoms with Crippen molar-refractivity contribution in [1.82, 2.24) is 10.0 Å². The van der Waals surface area contributed by atoms with E-state index in [0.717, 1.165) is 24.2 Å². The first-order valence-corrected chi connectivity index (χ1v) is 11.6. The van der Waals surface area contributed by atoms with Crippen molar-refractivity contribution in [2.75, 3.05) is 11.3 Å². The molecule has 0 saturated carbocycles. The van der Waals surface area contributed by atoms with Crippen molar-refractivity contribution in [3.8, 4) is 0 Å². The van der Waals surface area contributed by atoms with Crippen LogP contribution in [0.5, 0.6) is 0 Å². The topological polar surface area (TPSA) is 121 Å². The van der Waals surface area contributed by atoms with Crippen molar-refractivity contribution >= 4 is 43.1 Å². The Balaban J connectivity index is 2.05. The Morgan fingerprint density at radius 2 is 1.73 bits per heavy atom. The van der Waals surface area contributed by atoms with Gasteiger partial charge in [0.2, 0.25) is 0 Å². The number of urea groups is 1. The number of anilines is 1. The van der Waals surface area contributed by atoms with Gasteiger partial charge in [-0.3, -0.25) is 4.72 Å². The molecule has 1 aromatic carbocycles. The van der Waals surface area contributed by atoms with Gasteiger partial charge in [-0.15, -0.1) is 11.3 Å². The number of amides is 2. The number of hydrogen-bond donors (Lipinski definition) is 3. The van der Waals surface area contributed by atoms with Gasteiger partial charge in [0.15, 0.2) is 0 Å². The number of benzene rings is 1. The maximum absolute atomic E-state index is 12.1. The Kier molecular flexibility index (Phi) is 6.62. The van der Waals surface area contributed by atoms with E-state index >= 15 is 0 Å². The molecule has 1 aromatic heterocycles. The number of nitrogens with one attached hydrogen (secondary N) is 3. The summed E-state index contributed by atoms with van der Waals surface area (Å²) in [6, 6.07) is 7.34. The molecule has 0 radical (unpaired) electrons. The van der Waals surface area contributed by atoms with Crippen LogP contribution in [-0.2, 0) is 20.0 Å². The van der Waals surface area contributed by atoms with Gasteiger partial charge in [-0.1, -0.05) is 19.4 Å². The van der Waals surface area contributed by atoms with Crippen LogP contribution in [0.15, 0.2) is 50.9 Å². The quantitative estimate of drug-likeness (QED) is 0.569. The van der Waals surface area contributed by atoms with Crippen molar-refractivity contribution in [1.29, 1.82) is 0 Å². The number of hydrogen-bond acceptors (Lipinski definition) is 6. The molecule has 2 amide bonds. The summed E-state index contributed by atoms with van der Waals surface area (Å²) in [4.78, 5) is 11.5. The second-order valence-corrected chi connectivity index (χ2v) is 9.82. The normalized spacial score (nSPS) is 11.7. The van der Waals surface area contributed by atoms with E-state index < -0.39 is 26.1 Å². The highest BCUT2D eigenvalue weighted by molar-refractivity contribution is 7.94. The molecule has 0 aliphatic rings. The summed E-state index contributed by atoms with van der Waals surface area (Å²) in [6.45, 7) is 2.33. The second kappa shape index (κ2) is 8.52. The SMILES string of the molecule is CCCCNC(=O)NS(=O)(=O)c1ccc(NS(=O)(=O)c2cccs2)cc1. The fourth-order valence-electron chi connectivity index (χ4n) is 1.92. The van der Waals surface area contributed by atoms with Crippen LogP contribution in [-0.4, -0.2) is 29.4 Å². The number of unbranched alkanes of at least 4 members (excludes halogenated alkanes) is 1. The molecule has 0 aliphatic heterocycles. The number of carbonyl (C=O) groups excluding carboxylic acids is 1. The minimum atomic E-state index is -4.04. The van der Waals surface area contributed by atoms with Crippen molar-refractivity contribution < 1.29 is 21.6 Å². The molecular formula is C15H19N3O5S3. The Labute approximate surface area is 156 Å². The third-order valence-electron chi connectivity index (χ3n) is 3.22. The van der Waals surface area contributed by atoms with Gasteiger partial charge in [0.05, 0.1) is 4.90 Å². The van der Waals surface area contributed by atoms with Crippen LogP contribution < -0.4 is 14.8 Å². The lowest BCUT2D eigenvalue weighted by Gasteiger charge is -2.10. The van der Waals surface area contributed by atoms with Gasteiger partial charge in [0.25, 0.3) is 20.0 Å². The standard InChI is InChI=1S/C15H19N3O5S3/c1-2-3-10-16-15(19)18-25(20,21)13-8-6-12(7-9-13)17-26(22,23)14-5-4-11-24-14/h4-9,11,17H,2-3,10H2,1H3,(H2,16,18,19). The first-order chi connectivity index (χ1) is 12.2. The summed E-state index contributed by atoms with van der Waals surface area (Å²) in [5.41, 5.74) is 0.213. The van der Waals surface area contributed by atoms with Gasteiger partial charge in [0.1, 0.15) is 4.21 Å². The van der Waals surface area contributed by atoms with E-state index in [4.69, 9.17) is 0 Å². The molecule has 2 aromatic rings. The van der Waals surface area contributed by atoms with Gasteiger partial charge in [0, 0.05) is 12.2 Å². The van der Waals surface area contributed by atoms with E-state index in [2.05, 4.69) is 10.0 Å². The third-order valence-corrected chi connectivity index (χ3v) is 7.35. The Hall–Kier alpha value is -2.11. The predicted molar refractivity (Wildman–Crippen MR) is 100 cm³/mol. The van der Waals surface area contributed by atoms with E-state index in [-0.39, 0.29) is 14.8 Å². The first-order valence-electron chi connectivity index (χ1n) is 7.71. The lowest BCUT2D eigenvalue weighted by atomic mass is 10.3. The van der Waals surface area contributed by atoms with Crippen LogP contribution in [0.3, 0.4) is 0 Å². The van der Waals surface area contributed by atoms with Gasteiger partial charge in [-0.25, -0.2) is 26.4 Å². The van der Waals surface area contributed by atoms with E-state index in [0.29, 0.717) is 6.54 Å². The Morgan fingerprint density at radius 3 is 2.31 bits per heavy atom. The zero-order valence-electron chi connectivity index (χ0n) is 13.9. The number of carbonyl (C=O) groups is 1. The summed E-state index contributed by atoms with van der Waals surface area (Å²) in [7, 11) is -7.75. The van der Waals surface area contributed by atoms with E-state index in [1.807, 2.05) is 11.6 Å². The number of thiophene rings is 1. The van der Waals surface area contributed by atoms with Crippen molar-refractivity contribution in [2.45, 2.75) is 28.9 Å². The Morgan fingerprint density at radius 1 is 1.04 bits per heavy atom. The van der Waals surface area contributed by atoms with Gasteiger partial charge in [-0.05, 0) is 42.1 Å². The monoisotopic (exact) mass is 417 g/mol. The van der Waals surface area contributed by atoms with Crippen LogP contribution in [0.25, 0.3) is 0 Å². The highest BCUT2D eigenvalue weighted by Crippen LogP contribution is 2.21. The molecule has 1 heterocycles. The van der Waals surface area contributed by atoms with Gasteiger partial charge >= 0.3 is 6.03 Å². The molecule has 26 heavy (non-hydrogen) atoms. The van der Waals surface area contributed by atoms with Crippen molar-refractivity contribution in [3.05, 3.63) is 41.8 Å². The smallest absolute Gasteiger partial charge is 0.328 e. The molecule has 0 bridgehead atoms. The van der Waals surface area contributed by atoms with Crippen molar-refractivity contribution in [2.24, 2.45) is 0 Å². The third kappa shape index (κ3) is 5.44. The zero-order valence-corrected chi connectivity index (χ0v) is 16.4. The van der Waals surface area contributed by atoms with Crippen LogP contribution in [0.2, 0.25) is 0 Å². The first kappa shape index (κ1) is 20.2. The minimum absolute atomic E-state index is 0.151. The van der Waals surface area contributed by atoms with Gasteiger partial charge < -0.3 is 5.32 Å². The molecule has 0 atom stereocenters. The lowest BCUT2D eigenvalue weighted by molar-refractivity contribution is 0.245. The number of sulfonamides is 2.